The molecule has 0 fully saturated rings. The average molecular weight is 410 g/mol. The van der Waals surface area contributed by atoms with Crippen LogP contribution in [0.5, 0.6) is 0 Å². The van der Waals surface area contributed by atoms with E-state index < -0.39 is 10.0 Å². The third-order valence-corrected chi connectivity index (χ3v) is 5.91. The van der Waals surface area contributed by atoms with Crippen LogP contribution in [0, 0.1) is 13.8 Å². The SMILES string of the molecule is Cc1cccc(NC(=O)/C=C/c2ccc(S(=O)(=O)NCc3ccco3)cc2)c1C. The van der Waals surface area contributed by atoms with Gasteiger partial charge in [0.1, 0.15) is 5.76 Å². The number of carbonyl (C=O) groups is 1. The number of rotatable bonds is 7. The first-order valence-electron chi connectivity index (χ1n) is 9.02. The van der Waals surface area contributed by atoms with E-state index in [0.29, 0.717) is 11.3 Å². The van der Waals surface area contributed by atoms with E-state index in [1.165, 1.54) is 24.5 Å². The summed E-state index contributed by atoms with van der Waals surface area (Å²) in [6, 6.07) is 15.4. The zero-order valence-electron chi connectivity index (χ0n) is 16.2. The van der Waals surface area contributed by atoms with Crippen LogP contribution in [0.15, 0.2) is 76.2 Å². The summed E-state index contributed by atoms with van der Waals surface area (Å²) in [6.45, 7) is 4.02. The summed E-state index contributed by atoms with van der Waals surface area (Å²) < 4.78 is 32.3. The molecule has 0 aliphatic rings. The van der Waals surface area contributed by atoms with E-state index >= 15 is 0 Å². The van der Waals surface area contributed by atoms with Crippen molar-refractivity contribution in [3.05, 3.63) is 89.4 Å². The Morgan fingerprint density at radius 1 is 1.03 bits per heavy atom. The molecule has 3 rings (SSSR count). The summed E-state index contributed by atoms with van der Waals surface area (Å²) in [6.07, 6.45) is 4.54. The number of furan rings is 1. The first-order valence-corrected chi connectivity index (χ1v) is 10.5. The summed E-state index contributed by atoms with van der Waals surface area (Å²) in [4.78, 5) is 12.3. The van der Waals surface area contributed by atoms with E-state index in [1.54, 1.807) is 30.3 Å². The quantitative estimate of drug-likeness (QED) is 0.576. The zero-order chi connectivity index (χ0) is 20.9. The van der Waals surface area contributed by atoms with E-state index in [2.05, 4.69) is 10.0 Å². The molecule has 2 aromatic carbocycles. The number of nitrogens with one attached hydrogen (secondary N) is 2. The van der Waals surface area contributed by atoms with Gasteiger partial charge in [0.05, 0.1) is 17.7 Å². The van der Waals surface area contributed by atoms with Gasteiger partial charge in [-0.25, -0.2) is 13.1 Å². The minimum absolute atomic E-state index is 0.0789. The molecule has 3 aromatic rings. The molecule has 29 heavy (non-hydrogen) atoms. The second-order valence-electron chi connectivity index (χ2n) is 6.54. The van der Waals surface area contributed by atoms with E-state index in [-0.39, 0.29) is 17.3 Å². The Kier molecular flexibility index (Phi) is 6.31. The summed E-state index contributed by atoms with van der Waals surface area (Å²) in [5, 5.41) is 2.85. The van der Waals surface area contributed by atoms with Crippen LogP contribution >= 0.6 is 0 Å². The molecule has 0 aliphatic carbocycles. The fraction of sp³-hybridized carbons (Fsp3) is 0.136. The zero-order valence-corrected chi connectivity index (χ0v) is 17.0. The second kappa shape index (κ2) is 8.89. The lowest BCUT2D eigenvalue weighted by atomic mass is 10.1. The molecule has 1 aromatic heterocycles. The fourth-order valence-corrected chi connectivity index (χ4v) is 3.65. The lowest BCUT2D eigenvalue weighted by Gasteiger charge is -2.08. The Labute approximate surface area is 170 Å². The smallest absolute Gasteiger partial charge is 0.248 e. The highest BCUT2D eigenvalue weighted by molar-refractivity contribution is 7.89. The predicted octanol–water partition coefficient (Wildman–Crippen LogP) is 4.03. The molecule has 0 bridgehead atoms. The largest absolute Gasteiger partial charge is 0.468 e. The number of benzene rings is 2. The van der Waals surface area contributed by atoms with Gasteiger partial charge in [-0.2, -0.15) is 0 Å². The molecule has 0 unspecified atom stereocenters. The summed E-state index contributed by atoms with van der Waals surface area (Å²) >= 11 is 0. The molecule has 150 valence electrons. The molecule has 0 saturated carbocycles. The van der Waals surface area contributed by atoms with E-state index in [1.807, 2.05) is 32.0 Å². The molecular weight excluding hydrogens is 388 g/mol. The van der Waals surface area contributed by atoms with Gasteiger partial charge in [-0.05, 0) is 66.9 Å². The van der Waals surface area contributed by atoms with Crippen LogP contribution in [-0.2, 0) is 21.4 Å². The van der Waals surface area contributed by atoms with Crippen molar-refractivity contribution in [1.82, 2.24) is 4.72 Å². The first kappa shape index (κ1) is 20.6. The van der Waals surface area contributed by atoms with Crippen LogP contribution in [0.4, 0.5) is 5.69 Å². The van der Waals surface area contributed by atoms with Gasteiger partial charge < -0.3 is 9.73 Å². The Hall–Kier alpha value is -3.16. The van der Waals surface area contributed by atoms with E-state index in [4.69, 9.17) is 4.42 Å². The summed E-state index contributed by atoms with van der Waals surface area (Å²) in [7, 11) is -3.65. The third kappa shape index (κ3) is 5.43. The van der Waals surface area contributed by atoms with Crippen molar-refractivity contribution < 1.29 is 17.6 Å². The van der Waals surface area contributed by atoms with Gasteiger partial charge in [0.25, 0.3) is 0 Å². The van der Waals surface area contributed by atoms with Gasteiger partial charge in [-0.1, -0.05) is 24.3 Å². The summed E-state index contributed by atoms with van der Waals surface area (Å²) in [5.41, 5.74) is 3.60. The monoisotopic (exact) mass is 410 g/mol. The molecule has 0 atom stereocenters. The molecule has 1 heterocycles. The molecule has 7 heteroatoms. The second-order valence-corrected chi connectivity index (χ2v) is 8.31. The van der Waals surface area contributed by atoms with Crippen molar-refractivity contribution in [2.24, 2.45) is 0 Å². The van der Waals surface area contributed by atoms with Crippen LogP contribution < -0.4 is 10.0 Å². The van der Waals surface area contributed by atoms with E-state index in [9.17, 15) is 13.2 Å². The fourth-order valence-electron chi connectivity index (χ4n) is 2.65. The minimum atomic E-state index is -3.65. The van der Waals surface area contributed by atoms with Crippen molar-refractivity contribution in [1.29, 1.82) is 0 Å². The molecule has 6 nitrogen and oxygen atoms in total. The first-order chi connectivity index (χ1) is 13.8. The van der Waals surface area contributed by atoms with Crippen LogP contribution in [-0.4, -0.2) is 14.3 Å². The number of hydrogen-bond donors (Lipinski definition) is 2. The van der Waals surface area contributed by atoms with Gasteiger partial charge in [-0.3, -0.25) is 4.79 Å². The Morgan fingerprint density at radius 2 is 1.79 bits per heavy atom. The molecule has 1 amide bonds. The normalized spacial score (nSPS) is 11.7. The third-order valence-electron chi connectivity index (χ3n) is 4.50. The molecule has 0 radical (unpaired) electrons. The highest BCUT2D eigenvalue weighted by Crippen LogP contribution is 2.18. The summed E-state index contributed by atoms with van der Waals surface area (Å²) in [5.74, 6) is 0.276. The lowest BCUT2D eigenvalue weighted by molar-refractivity contribution is -0.111. The van der Waals surface area contributed by atoms with Crippen molar-refractivity contribution >= 4 is 27.7 Å². The van der Waals surface area contributed by atoms with Crippen molar-refractivity contribution in [2.45, 2.75) is 25.3 Å². The topological polar surface area (TPSA) is 88.4 Å². The number of anilines is 1. The Morgan fingerprint density at radius 3 is 2.48 bits per heavy atom. The molecule has 0 spiro atoms. The molecular formula is C22H22N2O4S. The standard InChI is InChI=1S/C22H22N2O4S/c1-16-5-3-7-21(17(16)2)24-22(25)13-10-18-8-11-20(12-9-18)29(26,27)23-15-19-6-4-14-28-19/h3-14,23H,15H2,1-2H3,(H,24,25)/b13-10+. The average Bonchev–Trinajstić information content (AvgIpc) is 3.23. The van der Waals surface area contributed by atoms with Crippen molar-refractivity contribution in [2.75, 3.05) is 5.32 Å². The van der Waals surface area contributed by atoms with Crippen molar-refractivity contribution in [3.63, 3.8) is 0 Å². The lowest BCUT2D eigenvalue weighted by Crippen LogP contribution is -2.22. The number of hydrogen-bond acceptors (Lipinski definition) is 4. The number of carbonyl (C=O) groups excluding carboxylic acids is 1. The maximum atomic E-state index is 12.3. The number of sulfonamides is 1. The van der Waals surface area contributed by atoms with Crippen molar-refractivity contribution in [3.8, 4) is 0 Å². The van der Waals surface area contributed by atoms with Crippen LogP contribution in [0.3, 0.4) is 0 Å². The van der Waals surface area contributed by atoms with Crippen LogP contribution in [0.2, 0.25) is 0 Å². The predicted molar refractivity (Wildman–Crippen MR) is 113 cm³/mol. The molecule has 0 aliphatic heterocycles. The molecule has 0 saturated heterocycles. The Balaban J connectivity index is 1.62. The number of aryl methyl sites for hydroxylation is 1. The highest BCUT2D eigenvalue weighted by atomic mass is 32.2. The highest BCUT2D eigenvalue weighted by Gasteiger charge is 2.14. The van der Waals surface area contributed by atoms with E-state index in [0.717, 1.165) is 16.8 Å². The maximum absolute atomic E-state index is 12.3. The van der Waals surface area contributed by atoms with Gasteiger partial charge in [0.15, 0.2) is 0 Å². The van der Waals surface area contributed by atoms with Crippen LogP contribution in [0.1, 0.15) is 22.5 Å². The number of amides is 1. The van der Waals surface area contributed by atoms with Gasteiger partial charge in [-0.15, -0.1) is 0 Å². The Bertz CT molecular complexity index is 1120. The maximum Gasteiger partial charge on any atom is 0.248 e. The van der Waals surface area contributed by atoms with Crippen LogP contribution in [0.25, 0.3) is 6.08 Å². The van der Waals surface area contributed by atoms with Gasteiger partial charge in [0, 0.05) is 11.8 Å². The molecule has 2 N–H and O–H groups in total. The van der Waals surface area contributed by atoms with Gasteiger partial charge >= 0.3 is 0 Å². The minimum Gasteiger partial charge on any atom is -0.468 e. The van der Waals surface area contributed by atoms with Gasteiger partial charge in [0.2, 0.25) is 15.9 Å².